The summed E-state index contributed by atoms with van der Waals surface area (Å²) in [7, 11) is 3.17. The first-order chi connectivity index (χ1) is 10.6. The van der Waals surface area contributed by atoms with Gasteiger partial charge in [-0.2, -0.15) is 0 Å². The predicted octanol–water partition coefficient (Wildman–Crippen LogP) is 3.90. The molecule has 124 valence electrons. The van der Waals surface area contributed by atoms with Crippen molar-refractivity contribution in [3.8, 4) is 11.5 Å². The molecule has 0 radical (unpaired) electrons. The van der Waals surface area contributed by atoms with E-state index >= 15 is 0 Å². The van der Waals surface area contributed by atoms with E-state index in [0.717, 1.165) is 11.3 Å². The third kappa shape index (κ3) is 5.80. The Morgan fingerprint density at radius 3 is 2.35 bits per heavy atom. The van der Waals surface area contributed by atoms with E-state index in [-0.39, 0.29) is 24.0 Å². The molecule has 0 atom stereocenters. The lowest BCUT2D eigenvalue weighted by molar-refractivity contribution is 0.355. The summed E-state index contributed by atoms with van der Waals surface area (Å²) >= 11 is 5.84. The lowest BCUT2D eigenvalue weighted by Gasteiger charge is -2.11. The second-order valence-corrected chi connectivity index (χ2v) is 4.96. The van der Waals surface area contributed by atoms with Crippen LogP contribution in [0.4, 0.5) is 5.69 Å². The van der Waals surface area contributed by atoms with Gasteiger partial charge in [0, 0.05) is 16.8 Å². The quantitative estimate of drug-likeness (QED) is 0.414. The molecule has 3 N–H and O–H groups in total. The third-order valence-corrected chi connectivity index (χ3v) is 3.25. The molecular weight excluding hydrogens is 429 g/mol. The first-order valence-electron chi connectivity index (χ1n) is 6.66. The molecule has 0 aliphatic heterocycles. The van der Waals surface area contributed by atoms with Crippen LogP contribution < -0.4 is 20.5 Å². The average Bonchev–Trinajstić information content (AvgIpc) is 2.54. The first kappa shape index (κ1) is 19.4. The standard InChI is InChI=1S/C16H18ClN3O2.HI/c1-21-14-8-7-13(9-15(14)22-2)20-16(18)19-10-11-3-5-12(17)6-4-11;/h3-9H,10H2,1-2H3,(H3,18,19,20);1H. The summed E-state index contributed by atoms with van der Waals surface area (Å²) < 4.78 is 10.4. The molecule has 5 nitrogen and oxygen atoms in total. The normalized spacial score (nSPS) is 10.7. The van der Waals surface area contributed by atoms with E-state index in [1.54, 1.807) is 26.4 Å². The number of nitrogens with two attached hydrogens (primary N) is 1. The molecule has 0 amide bonds. The van der Waals surface area contributed by atoms with Crippen molar-refractivity contribution in [3.63, 3.8) is 0 Å². The maximum Gasteiger partial charge on any atom is 0.193 e. The highest BCUT2D eigenvalue weighted by Gasteiger charge is 2.05. The van der Waals surface area contributed by atoms with Crippen LogP contribution in [0.25, 0.3) is 0 Å². The number of halogens is 2. The first-order valence-corrected chi connectivity index (χ1v) is 7.03. The second-order valence-electron chi connectivity index (χ2n) is 4.52. The molecule has 0 spiro atoms. The topological polar surface area (TPSA) is 68.9 Å². The summed E-state index contributed by atoms with van der Waals surface area (Å²) in [6.45, 7) is 0.475. The molecular formula is C16H19ClIN3O2. The van der Waals surface area contributed by atoms with Gasteiger partial charge in [-0.05, 0) is 29.8 Å². The number of methoxy groups -OCH3 is 2. The van der Waals surface area contributed by atoms with Crippen molar-refractivity contribution in [1.29, 1.82) is 0 Å². The predicted molar refractivity (Wildman–Crippen MR) is 105 cm³/mol. The molecule has 0 fully saturated rings. The van der Waals surface area contributed by atoms with Crippen molar-refractivity contribution in [1.82, 2.24) is 0 Å². The van der Waals surface area contributed by atoms with Crippen molar-refractivity contribution in [3.05, 3.63) is 53.1 Å². The number of nitrogens with zero attached hydrogens (tertiary/aromatic N) is 1. The summed E-state index contributed by atoms with van der Waals surface area (Å²) in [5, 5.41) is 3.71. The van der Waals surface area contributed by atoms with E-state index in [1.165, 1.54) is 0 Å². The van der Waals surface area contributed by atoms with Crippen LogP contribution in [0, 0.1) is 0 Å². The van der Waals surface area contributed by atoms with E-state index in [4.69, 9.17) is 26.8 Å². The largest absolute Gasteiger partial charge is 0.493 e. The molecule has 7 heteroatoms. The number of anilines is 1. The second kappa shape index (κ2) is 9.46. The molecule has 0 aliphatic rings. The van der Waals surface area contributed by atoms with Gasteiger partial charge in [0.2, 0.25) is 0 Å². The van der Waals surface area contributed by atoms with E-state index in [1.807, 2.05) is 30.3 Å². The molecule has 23 heavy (non-hydrogen) atoms. The highest BCUT2D eigenvalue weighted by molar-refractivity contribution is 14.0. The van der Waals surface area contributed by atoms with Gasteiger partial charge in [-0.3, -0.25) is 0 Å². The zero-order chi connectivity index (χ0) is 15.9. The van der Waals surface area contributed by atoms with Gasteiger partial charge in [0.1, 0.15) is 0 Å². The minimum atomic E-state index is 0. The van der Waals surface area contributed by atoms with Gasteiger partial charge in [-0.25, -0.2) is 4.99 Å². The van der Waals surface area contributed by atoms with Crippen LogP contribution in [0.1, 0.15) is 5.56 Å². The van der Waals surface area contributed by atoms with Gasteiger partial charge < -0.3 is 20.5 Å². The minimum absolute atomic E-state index is 0. The summed E-state index contributed by atoms with van der Waals surface area (Å²) in [6.07, 6.45) is 0. The fourth-order valence-electron chi connectivity index (χ4n) is 1.87. The van der Waals surface area contributed by atoms with Crippen LogP contribution in [0.15, 0.2) is 47.5 Å². The summed E-state index contributed by atoms with van der Waals surface area (Å²) in [6, 6.07) is 12.9. The number of rotatable bonds is 5. The Morgan fingerprint density at radius 1 is 1.09 bits per heavy atom. The third-order valence-electron chi connectivity index (χ3n) is 3.00. The van der Waals surface area contributed by atoms with Gasteiger partial charge >= 0.3 is 0 Å². The van der Waals surface area contributed by atoms with Crippen molar-refractivity contribution in [2.24, 2.45) is 10.7 Å². The van der Waals surface area contributed by atoms with Crippen LogP contribution in [-0.4, -0.2) is 20.2 Å². The minimum Gasteiger partial charge on any atom is -0.493 e. The SMILES string of the molecule is COc1ccc(NC(N)=NCc2ccc(Cl)cc2)cc1OC.I. The lowest BCUT2D eigenvalue weighted by Crippen LogP contribution is -2.22. The molecule has 0 saturated carbocycles. The summed E-state index contributed by atoms with van der Waals surface area (Å²) in [5.74, 6) is 1.60. The van der Waals surface area contributed by atoms with Crippen molar-refractivity contribution < 1.29 is 9.47 Å². The van der Waals surface area contributed by atoms with Crippen molar-refractivity contribution in [2.75, 3.05) is 19.5 Å². The smallest absolute Gasteiger partial charge is 0.193 e. The van der Waals surface area contributed by atoms with Crippen LogP contribution in [0.2, 0.25) is 5.02 Å². The number of guanidine groups is 1. The Bertz CT molecular complexity index is 663. The number of nitrogens with one attached hydrogen (secondary N) is 1. The monoisotopic (exact) mass is 447 g/mol. The highest BCUT2D eigenvalue weighted by Crippen LogP contribution is 2.29. The van der Waals surface area contributed by atoms with E-state index in [9.17, 15) is 0 Å². The summed E-state index contributed by atoms with van der Waals surface area (Å²) in [4.78, 5) is 4.29. The lowest BCUT2D eigenvalue weighted by atomic mass is 10.2. The van der Waals surface area contributed by atoms with E-state index in [0.29, 0.717) is 29.0 Å². The van der Waals surface area contributed by atoms with Crippen molar-refractivity contribution >= 4 is 47.2 Å². The Hall–Kier alpha value is -1.67. The number of benzene rings is 2. The van der Waals surface area contributed by atoms with E-state index in [2.05, 4.69) is 10.3 Å². The van der Waals surface area contributed by atoms with Crippen molar-refractivity contribution in [2.45, 2.75) is 6.54 Å². The maximum atomic E-state index is 5.89. The van der Waals surface area contributed by atoms with Crippen LogP contribution in [-0.2, 0) is 6.54 Å². The number of hydrogen-bond acceptors (Lipinski definition) is 3. The van der Waals surface area contributed by atoms with Gasteiger partial charge in [0.05, 0.1) is 20.8 Å². The number of hydrogen-bond donors (Lipinski definition) is 2. The number of aliphatic imine (C=N–C) groups is 1. The maximum absolute atomic E-state index is 5.89. The Balaban J connectivity index is 0.00000264. The van der Waals surface area contributed by atoms with Gasteiger partial charge in [-0.15, -0.1) is 24.0 Å². The van der Waals surface area contributed by atoms with Gasteiger partial charge in [0.15, 0.2) is 17.5 Å². The Labute approximate surface area is 157 Å². The fraction of sp³-hybridized carbons (Fsp3) is 0.188. The molecule has 2 aromatic rings. The molecule has 0 saturated heterocycles. The van der Waals surface area contributed by atoms with Gasteiger partial charge in [0.25, 0.3) is 0 Å². The zero-order valence-electron chi connectivity index (χ0n) is 12.9. The molecule has 0 heterocycles. The van der Waals surface area contributed by atoms with Crippen LogP contribution >= 0.6 is 35.6 Å². The molecule has 0 unspecified atom stereocenters. The fourth-order valence-corrected chi connectivity index (χ4v) is 1.99. The van der Waals surface area contributed by atoms with E-state index < -0.39 is 0 Å². The number of ether oxygens (including phenoxy) is 2. The summed E-state index contributed by atoms with van der Waals surface area (Å²) in [5.41, 5.74) is 7.69. The molecule has 0 aromatic heterocycles. The van der Waals surface area contributed by atoms with Crippen LogP contribution in [0.5, 0.6) is 11.5 Å². The molecule has 0 aliphatic carbocycles. The molecule has 0 bridgehead atoms. The Morgan fingerprint density at radius 2 is 1.74 bits per heavy atom. The zero-order valence-corrected chi connectivity index (χ0v) is 16.0. The molecule has 2 aromatic carbocycles. The highest BCUT2D eigenvalue weighted by atomic mass is 127. The van der Waals surface area contributed by atoms with Crippen LogP contribution in [0.3, 0.4) is 0 Å². The Kier molecular flexibility index (Phi) is 7.97. The molecule has 2 rings (SSSR count). The average molecular weight is 448 g/mol. The van der Waals surface area contributed by atoms with Gasteiger partial charge in [-0.1, -0.05) is 23.7 Å².